The van der Waals surface area contributed by atoms with Gasteiger partial charge in [0, 0.05) is 17.1 Å². The van der Waals surface area contributed by atoms with Gasteiger partial charge in [-0.25, -0.2) is 4.98 Å². The number of aromatic nitrogens is 2. The molecule has 0 saturated heterocycles. The number of fused-ring (bicyclic) bond motifs is 2. The Hall–Kier alpha value is -2.86. The van der Waals surface area contributed by atoms with E-state index in [-0.39, 0.29) is 5.91 Å². The van der Waals surface area contributed by atoms with Crippen LogP contribution in [0.15, 0.2) is 42.6 Å². The number of aryl methyl sites for hydroxylation is 1. The lowest BCUT2D eigenvalue weighted by molar-refractivity contribution is -0.115. The lowest BCUT2D eigenvalue weighted by Crippen LogP contribution is -2.14. The summed E-state index contributed by atoms with van der Waals surface area (Å²) in [6, 6.07) is 11.8. The first kappa shape index (κ1) is 15.7. The Morgan fingerprint density at radius 1 is 1.32 bits per heavy atom. The smallest absolute Gasteiger partial charge is 0.230 e. The van der Waals surface area contributed by atoms with Crippen LogP contribution in [-0.4, -0.2) is 23.0 Å². The molecule has 1 amide bonds. The van der Waals surface area contributed by atoms with Gasteiger partial charge in [-0.3, -0.25) is 4.79 Å². The summed E-state index contributed by atoms with van der Waals surface area (Å²) in [6.45, 7) is 2.05. The number of methoxy groups -OCH3 is 1. The van der Waals surface area contributed by atoms with Crippen LogP contribution >= 0.6 is 11.3 Å². The summed E-state index contributed by atoms with van der Waals surface area (Å²) in [6.07, 6.45) is 2.21. The van der Waals surface area contributed by atoms with Crippen molar-refractivity contribution in [3.63, 3.8) is 0 Å². The van der Waals surface area contributed by atoms with Crippen molar-refractivity contribution in [1.29, 1.82) is 0 Å². The molecule has 0 fully saturated rings. The van der Waals surface area contributed by atoms with Crippen LogP contribution in [-0.2, 0) is 11.2 Å². The summed E-state index contributed by atoms with van der Waals surface area (Å²) in [7, 11) is 1.63. The number of hydrogen-bond donors (Lipinski definition) is 2. The first-order valence-corrected chi connectivity index (χ1v) is 8.75. The number of benzene rings is 2. The monoisotopic (exact) mass is 351 g/mol. The second kappa shape index (κ2) is 6.22. The average Bonchev–Trinajstić information content (AvgIpc) is 3.18. The van der Waals surface area contributed by atoms with Crippen molar-refractivity contribution in [2.75, 3.05) is 12.4 Å². The van der Waals surface area contributed by atoms with E-state index in [0.717, 1.165) is 38.0 Å². The number of hydrogen-bond acceptors (Lipinski definition) is 4. The lowest BCUT2D eigenvalue weighted by atomic mass is 10.1. The maximum absolute atomic E-state index is 12.5. The standard InChI is InChI=1S/C19H17N3O2S/c1-11-4-3-5-15-18(11)12(10-20-15)8-17(23)22-19-21-14-7-6-13(24-2)9-16(14)25-19/h3-7,9-10,20H,8H2,1-2H3,(H,21,22,23). The van der Waals surface area contributed by atoms with E-state index in [1.54, 1.807) is 7.11 Å². The van der Waals surface area contributed by atoms with Gasteiger partial charge in [-0.15, -0.1) is 0 Å². The summed E-state index contributed by atoms with van der Waals surface area (Å²) in [5, 5.41) is 4.62. The third-order valence-electron chi connectivity index (χ3n) is 4.19. The number of H-pyrrole nitrogens is 1. The van der Waals surface area contributed by atoms with Gasteiger partial charge in [0.15, 0.2) is 5.13 Å². The van der Waals surface area contributed by atoms with Gasteiger partial charge in [-0.05, 0) is 42.3 Å². The van der Waals surface area contributed by atoms with Crippen LogP contribution < -0.4 is 10.1 Å². The van der Waals surface area contributed by atoms with Crippen LogP contribution in [0.3, 0.4) is 0 Å². The molecule has 25 heavy (non-hydrogen) atoms. The fourth-order valence-corrected chi connectivity index (χ4v) is 3.92. The van der Waals surface area contributed by atoms with Gasteiger partial charge >= 0.3 is 0 Å². The van der Waals surface area contributed by atoms with E-state index in [4.69, 9.17) is 4.74 Å². The first-order valence-electron chi connectivity index (χ1n) is 7.94. The summed E-state index contributed by atoms with van der Waals surface area (Å²) in [4.78, 5) is 20.1. The van der Waals surface area contributed by atoms with Gasteiger partial charge in [0.05, 0.1) is 23.7 Å². The highest BCUT2D eigenvalue weighted by Gasteiger charge is 2.13. The Kier molecular flexibility index (Phi) is 3.89. The highest BCUT2D eigenvalue weighted by atomic mass is 32.1. The van der Waals surface area contributed by atoms with Crippen LogP contribution in [0, 0.1) is 6.92 Å². The molecule has 0 atom stereocenters. The molecule has 0 aliphatic carbocycles. The molecule has 5 nitrogen and oxygen atoms in total. The highest BCUT2D eigenvalue weighted by Crippen LogP contribution is 2.29. The number of nitrogens with one attached hydrogen (secondary N) is 2. The number of thiazole rings is 1. The molecule has 0 radical (unpaired) electrons. The topological polar surface area (TPSA) is 67.0 Å². The molecule has 0 aliphatic rings. The molecule has 0 unspecified atom stereocenters. The summed E-state index contributed by atoms with van der Waals surface area (Å²) >= 11 is 1.44. The van der Waals surface area contributed by atoms with Crippen LogP contribution in [0.25, 0.3) is 21.1 Å². The third-order valence-corrected chi connectivity index (χ3v) is 5.12. The minimum Gasteiger partial charge on any atom is -0.497 e. The first-order chi connectivity index (χ1) is 12.1. The Bertz CT molecular complexity index is 1080. The molecule has 4 aromatic rings. The molecule has 0 aliphatic heterocycles. The number of amides is 1. The van der Waals surface area contributed by atoms with E-state index < -0.39 is 0 Å². The SMILES string of the molecule is COc1ccc2nc(NC(=O)Cc3c[nH]c4cccc(C)c34)sc2c1. The Morgan fingerprint density at radius 2 is 2.20 bits per heavy atom. The second-order valence-electron chi connectivity index (χ2n) is 5.89. The molecule has 0 saturated carbocycles. The Labute approximate surface area is 148 Å². The van der Waals surface area contributed by atoms with Gasteiger partial charge in [0.25, 0.3) is 0 Å². The third kappa shape index (κ3) is 2.96. The van der Waals surface area contributed by atoms with Crippen molar-refractivity contribution in [2.24, 2.45) is 0 Å². The number of ether oxygens (including phenoxy) is 1. The number of carbonyl (C=O) groups is 1. The van der Waals surface area contributed by atoms with Crippen molar-refractivity contribution in [1.82, 2.24) is 9.97 Å². The minimum atomic E-state index is -0.0739. The van der Waals surface area contributed by atoms with Gasteiger partial charge in [-0.2, -0.15) is 0 Å². The average molecular weight is 351 g/mol. The number of anilines is 1. The highest BCUT2D eigenvalue weighted by molar-refractivity contribution is 7.22. The molecule has 0 bridgehead atoms. The van der Waals surface area contributed by atoms with Crippen LogP contribution in [0.5, 0.6) is 5.75 Å². The number of aromatic amines is 1. The van der Waals surface area contributed by atoms with Gasteiger partial charge in [-0.1, -0.05) is 23.5 Å². The van der Waals surface area contributed by atoms with E-state index in [2.05, 4.69) is 28.3 Å². The normalized spacial score (nSPS) is 11.1. The predicted molar refractivity (Wildman–Crippen MR) is 102 cm³/mol. The number of rotatable bonds is 4. The zero-order valence-corrected chi connectivity index (χ0v) is 14.7. The maximum atomic E-state index is 12.5. The van der Waals surface area contributed by atoms with Crippen molar-refractivity contribution in [3.8, 4) is 5.75 Å². The Morgan fingerprint density at radius 3 is 3.04 bits per heavy atom. The predicted octanol–water partition coefficient (Wildman–Crippen LogP) is 4.28. The van der Waals surface area contributed by atoms with Gasteiger partial charge in [0.1, 0.15) is 5.75 Å². The van der Waals surface area contributed by atoms with Crippen LogP contribution in [0.4, 0.5) is 5.13 Å². The van der Waals surface area contributed by atoms with E-state index in [1.807, 2.05) is 36.5 Å². The van der Waals surface area contributed by atoms with E-state index in [1.165, 1.54) is 11.3 Å². The molecule has 2 heterocycles. The van der Waals surface area contributed by atoms with Crippen molar-refractivity contribution in [3.05, 3.63) is 53.7 Å². The van der Waals surface area contributed by atoms with E-state index in [9.17, 15) is 4.79 Å². The van der Waals surface area contributed by atoms with Crippen molar-refractivity contribution < 1.29 is 9.53 Å². The quantitative estimate of drug-likeness (QED) is 0.577. The van der Waals surface area contributed by atoms with Crippen LogP contribution in [0.2, 0.25) is 0 Å². The van der Waals surface area contributed by atoms with Crippen molar-refractivity contribution in [2.45, 2.75) is 13.3 Å². The van der Waals surface area contributed by atoms with Crippen LogP contribution in [0.1, 0.15) is 11.1 Å². The Balaban J connectivity index is 1.55. The molecule has 4 rings (SSSR count). The summed E-state index contributed by atoms with van der Waals surface area (Å²) in [5.41, 5.74) is 4.06. The summed E-state index contributed by atoms with van der Waals surface area (Å²) < 4.78 is 6.21. The van der Waals surface area contributed by atoms with Crippen molar-refractivity contribution >= 4 is 43.5 Å². The van der Waals surface area contributed by atoms with Gasteiger partial charge < -0.3 is 15.0 Å². The largest absolute Gasteiger partial charge is 0.497 e. The molecular formula is C19H17N3O2S. The molecule has 2 aromatic heterocycles. The zero-order chi connectivity index (χ0) is 17.4. The lowest BCUT2D eigenvalue weighted by Gasteiger charge is -2.02. The van der Waals surface area contributed by atoms with E-state index >= 15 is 0 Å². The molecule has 126 valence electrons. The van der Waals surface area contributed by atoms with Gasteiger partial charge in [0.2, 0.25) is 5.91 Å². The fraction of sp³-hybridized carbons (Fsp3) is 0.158. The fourth-order valence-electron chi connectivity index (χ4n) is 3.01. The number of carbonyl (C=O) groups excluding carboxylic acids is 1. The summed E-state index contributed by atoms with van der Waals surface area (Å²) in [5.74, 6) is 0.707. The molecule has 2 N–H and O–H groups in total. The second-order valence-corrected chi connectivity index (χ2v) is 6.92. The number of nitrogens with zero attached hydrogens (tertiary/aromatic N) is 1. The zero-order valence-electron chi connectivity index (χ0n) is 13.9. The van der Waals surface area contributed by atoms with E-state index in [0.29, 0.717) is 11.6 Å². The molecule has 2 aromatic carbocycles. The minimum absolute atomic E-state index is 0.0739. The molecule has 0 spiro atoms. The maximum Gasteiger partial charge on any atom is 0.230 e. The molecular weight excluding hydrogens is 334 g/mol. The molecule has 6 heteroatoms.